The molecule has 0 aliphatic heterocycles. The molecule has 2 unspecified atom stereocenters. The van der Waals surface area contributed by atoms with Crippen molar-refractivity contribution in [2.24, 2.45) is 11.1 Å². The molecule has 1 amide bonds. The Labute approximate surface area is 133 Å². The fraction of sp³-hybridized carbons (Fsp3) is 0.462. The standard InChI is InChI=1S/C13H16Cl2N2O3S/c1-2-3-7-4-10(7)17-13(18)9-5-8(14)6-11(12(9)15)21(16,19)20/h5-7,10H,2-4H2,1H3,(H,17,18)(H2,16,19,20). The third-order valence-electron chi connectivity index (χ3n) is 3.45. The van der Waals surface area contributed by atoms with Gasteiger partial charge in [-0.3, -0.25) is 4.79 Å². The molecule has 3 N–H and O–H groups in total. The number of amides is 1. The van der Waals surface area contributed by atoms with Crippen LogP contribution in [0.1, 0.15) is 36.5 Å². The number of halogens is 2. The van der Waals surface area contributed by atoms with Crippen LogP contribution in [0.2, 0.25) is 10.0 Å². The van der Waals surface area contributed by atoms with E-state index in [0.29, 0.717) is 5.92 Å². The highest BCUT2D eigenvalue weighted by Gasteiger charge is 2.37. The zero-order chi connectivity index (χ0) is 15.8. The van der Waals surface area contributed by atoms with Crippen molar-refractivity contribution >= 4 is 39.1 Å². The van der Waals surface area contributed by atoms with Crippen molar-refractivity contribution < 1.29 is 13.2 Å². The van der Waals surface area contributed by atoms with Crippen molar-refractivity contribution in [3.8, 4) is 0 Å². The van der Waals surface area contributed by atoms with Crippen LogP contribution < -0.4 is 10.5 Å². The van der Waals surface area contributed by atoms with Gasteiger partial charge in [0.2, 0.25) is 10.0 Å². The van der Waals surface area contributed by atoms with Gasteiger partial charge in [-0.05, 0) is 30.9 Å². The molecule has 116 valence electrons. The van der Waals surface area contributed by atoms with Gasteiger partial charge < -0.3 is 5.32 Å². The quantitative estimate of drug-likeness (QED) is 0.854. The highest BCUT2D eigenvalue weighted by molar-refractivity contribution is 7.89. The number of carbonyl (C=O) groups excluding carboxylic acids is 1. The van der Waals surface area contributed by atoms with Crippen LogP contribution in [0.4, 0.5) is 0 Å². The van der Waals surface area contributed by atoms with Gasteiger partial charge in [0.15, 0.2) is 0 Å². The van der Waals surface area contributed by atoms with E-state index in [2.05, 4.69) is 12.2 Å². The van der Waals surface area contributed by atoms with E-state index in [-0.39, 0.29) is 26.5 Å². The maximum Gasteiger partial charge on any atom is 0.253 e. The van der Waals surface area contributed by atoms with E-state index in [0.717, 1.165) is 25.3 Å². The van der Waals surface area contributed by atoms with E-state index in [1.54, 1.807) is 0 Å². The van der Waals surface area contributed by atoms with E-state index in [1.165, 1.54) is 6.07 Å². The number of sulfonamides is 1. The molecule has 1 aliphatic rings. The molecule has 0 saturated heterocycles. The van der Waals surface area contributed by atoms with Gasteiger partial charge in [-0.25, -0.2) is 13.6 Å². The van der Waals surface area contributed by atoms with Crippen LogP contribution in [-0.4, -0.2) is 20.4 Å². The predicted molar refractivity (Wildman–Crippen MR) is 82.1 cm³/mol. The van der Waals surface area contributed by atoms with Crippen molar-refractivity contribution in [3.63, 3.8) is 0 Å². The van der Waals surface area contributed by atoms with Gasteiger partial charge in [0, 0.05) is 11.1 Å². The van der Waals surface area contributed by atoms with E-state index >= 15 is 0 Å². The highest BCUT2D eigenvalue weighted by atomic mass is 35.5. The number of nitrogens with two attached hydrogens (primary N) is 1. The van der Waals surface area contributed by atoms with Crippen molar-refractivity contribution in [1.29, 1.82) is 0 Å². The Morgan fingerprint density at radius 1 is 1.43 bits per heavy atom. The zero-order valence-corrected chi connectivity index (χ0v) is 13.7. The molecular formula is C13H16Cl2N2O3S. The van der Waals surface area contributed by atoms with Crippen molar-refractivity contribution in [1.82, 2.24) is 5.32 Å². The summed E-state index contributed by atoms with van der Waals surface area (Å²) < 4.78 is 22.9. The van der Waals surface area contributed by atoms with Crippen LogP contribution in [0.5, 0.6) is 0 Å². The Morgan fingerprint density at radius 2 is 2.10 bits per heavy atom. The first-order valence-electron chi connectivity index (χ1n) is 6.56. The van der Waals surface area contributed by atoms with Gasteiger partial charge in [-0.1, -0.05) is 36.5 Å². The zero-order valence-electron chi connectivity index (χ0n) is 11.4. The van der Waals surface area contributed by atoms with Crippen LogP contribution in [0.25, 0.3) is 0 Å². The topological polar surface area (TPSA) is 89.3 Å². The second-order valence-corrected chi connectivity index (χ2v) is 7.52. The Bertz CT molecular complexity index is 676. The van der Waals surface area contributed by atoms with Crippen LogP contribution in [0.15, 0.2) is 17.0 Å². The Balaban J connectivity index is 2.24. The minimum Gasteiger partial charge on any atom is -0.349 e. The van der Waals surface area contributed by atoms with Gasteiger partial charge in [0.1, 0.15) is 4.90 Å². The summed E-state index contributed by atoms with van der Waals surface area (Å²) in [6.45, 7) is 2.09. The minimum atomic E-state index is -4.04. The number of hydrogen-bond donors (Lipinski definition) is 2. The molecule has 8 heteroatoms. The fourth-order valence-corrected chi connectivity index (χ4v) is 3.75. The molecule has 1 aromatic carbocycles. The molecule has 5 nitrogen and oxygen atoms in total. The fourth-order valence-electron chi connectivity index (χ4n) is 2.30. The van der Waals surface area contributed by atoms with Gasteiger partial charge in [0.05, 0.1) is 10.6 Å². The summed E-state index contributed by atoms with van der Waals surface area (Å²) in [5.41, 5.74) is 0.0235. The average molecular weight is 351 g/mol. The number of nitrogens with one attached hydrogen (secondary N) is 1. The lowest BCUT2D eigenvalue weighted by Crippen LogP contribution is -2.27. The Hall–Kier alpha value is -0.820. The monoisotopic (exact) mass is 350 g/mol. The highest BCUT2D eigenvalue weighted by Crippen LogP contribution is 2.35. The molecule has 1 fully saturated rings. The molecule has 0 bridgehead atoms. The van der Waals surface area contributed by atoms with Crippen LogP contribution >= 0.6 is 23.2 Å². The van der Waals surface area contributed by atoms with E-state index < -0.39 is 15.9 Å². The van der Waals surface area contributed by atoms with Gasteiger partial charge >= 0.3 is 0 Å². The first-order valence-corrected chi connectivity index (χ1v) is 8.87. The molecule has 2 rings (SSSR count). The predicted octanol–water partition coefficient (Wildman–Crippen LogP) is 2.56. The summed E-state index contributed by atoms with van der Waals surface area (Å²) in [6, 6.07) is 2.59. The Morgan fingerprint density at radius 3 is 2.67 bits per heavy atom. The second kappa shape index (κ2) is 6.12. The van der Waals surface area contributed by atoms with Crippen LogP contribution in [0, 0.1) is 5.92 Å². The van der Waals surface area contributed by atoms with Crippen molar-refractivity contribution in [3.05, 3.63) is 27.7 Å². The molecule has 21 heavy (non-hydrogen) atoms. The minimum absolute atomic E-state index is 0.0235. The van der Waals surface area contributed by atoms with Crippen LogP contribution in [-0.2, 0) is 10.0 Å². The summed E-state index contributed by atoms with van der Waals surface area (Å²) in [5, 5.41) is 7.79. The third-order valence-corrected chi connectivity index (χ3v) is 5.13. The summed E-state index contributed by atoms with van der Waals surface area (Å²) in [7, 11) is -4.04. The lowest BCUT2D eigenvalue weighted by Gasteiger charge is -2.10. The first kappa shape index (κ1) is 16.5. The number of hydrogen-bond acceptors (Lipinski definition) is 3. The number of rotatable bonds is 5. The van der Waals surface area contributed by atoms with E-state index in [1.807, 2.05) is 0 Å². The molecule has 1 saturated carbocycles. The van der Waals surface area contributed by atoms with E-state index in [9.17, 15) is 13.2 Å². The third kappa shape index (κ3) is 3.88. The maximum atomic E-state index is 12.2. The summed E-state index contributed by atoms with van der Waals surface area (Å²) in [6.07, 6.45) is 3.04. The van der Waals surface area contributed by atoms with E-state index in [4.69, 9.17) is 28.3 Å². The summed E-state index contributed by atoms with van der Waals surface area (Å²) in [4.78, 5) is 11.9. The smallest absolute Gasteiger partial charge is 0.253 e. The number of carbonyl (C=O) groups is 1. The molecule has 2 atom stereocenters. The number of benzene rings is 1. The molecule has 0 radical (unpaired) electrons. The normalized spacial score (nSPS) is 21.1. The van der Waals surface area contributed by atoms with Gasteiger partial charge in [-0.15, -0.1) is 0 Å². The molecule has 0 heterocycles. The second-order valence-electron chi connectivity index (χ2n) is 5.17. The van der Waals surface area contributed by atoms with Crippen molar-refractivity contribution in [2.45, 2.75) is 37.1 Å². The SMILES string of the molecule is CCCC1CC1NC(=O)c1cc(Cl)cc(S(N)(=O)=O)c1Cl. The molecule has 1 aliphatic carbocycles. The largest absolute Gasteiger partial charge is 0.349 e. The van der Waals surface area contributed by atoms with Gasteiger partial charge in [-0.2, -0.15) is 0 Å². The molecular weight excluding hydrogens is 335 g/mol. The Kier molecular flexibility index (Phi) is 4.82. The molecule has 0 aromatic heterocycles. The lowest BCUT2D eigenvalue weighted by molar-refractivity contribution is 0.0948. The number of primary sulfonamides is 1. The molecule has 1 aromatic rings. The first-order chi connectivity index (χ1) is 9.74. The maximum absolute atomic E-state index is 12.2. The summed E-state index contributed by atoms with van der Waals surface area (Å²) in [5.74, 6) is 0.0469. The average Bonchev–Trinajstić information content (AvgIpc) is 3.08. The van der Waals surface area contributed by atoms with Crippen LogP contribution in [0.3, 0.4) is 0 Å². The lowest BCUT2D eigenvalue weighted by atomic mass is 10.2. The van der Waals surface area contributed by atoms with Crippen molar-refractivity contribution in [2.75, 3.05) is 0 Å². The van der Waals surface area contributed by atoms with Gasteiger partial charge in [0.25, 0.3) is 5.91 Å². The summed E-state index contributed by atoms with van der Waals surface area (Å²) >= 11 is 11.8. The molecule has 0 spiro atoms.